The first-order chi connectivity index (χ1) is 5.22. The summed E-state index contributed by atoms with van der Waals surface area (Å²) < 4.78 is 5.27. The second-order valence-electron chi connectivity index (χ2n) is 2.91. The Bertz CT molecular complexity index is 85.6. The molecule has 11 heavy (non-hydrogen) atoms. The number of nitrogens with zero attached hydrogens (tertiary/aromatic N) is 1. The van der Waals surface area contributed by atoms with Crippen molar-refractivity contribution < 1.29 is 4.74 Å². The smallest absolute Gasteiger partial charge is 0.0480 e. The second kappa shape index (κ2) is 6.62. The highest BCUT2D eigenvalue weighted by Crippen LogP contribution is 1.99. The lowest BCUT2D eigenvalue weighted by Gasteiger charge is -2.22. The Morgan fingerprint density at radius 3 is 2.45 bits per heavy atom. The normalized spacial score (nSPS) is 13.9. The molecule has 0 aliphatic rings. The van der Waals surface area contributed by atoms with Gasteiger partial charge in [-0.1, -0.05) is 6.92 Å². The van der Waals surface area contributed by atoms with Crippen molar-refractivity contribution in [3.05, 3.63) is 0 Å². The van der Waals surface area contributed by atoms with E-state index >= 15 is 0 Å². The Morgan fingerprint density at radius 1 is 1.36 bits per heavy atom. The van der Waals surface area contributed by atoms with Gasteiger partial charge < -0.3 is 9.64 Å². The van der Waals surface area contributed by atoms with Crippen molar-refractivity contribution >= 4 is 0 Å². The Balaban J connectivity index is 3.28. The van der Waals surface area contributed by atoms with Gasteiger partial charge >= 0.3 is 0 Å². The maximum atomic E-state index is 5.27. The van der Waals surface area contributed by atoms with Gasteiger partial charge in [0.2, 0.25) is 0 Å². The van der Waals surface area contributed by atoms with Crippen molar-refractivity contribution in [3.63, 3.8) is 0 Å². The van der Waals surface area contributed by atoms with Crippen LogP contribution in [0.4, 0.5) is 0 Å². The maximum Gasteiger partial charge on any atom is 0.0480 e. The molecule has 0 spiro atoms. The molecule has 0 aromatic rings. The van der Waals surface area contributed by atoms with Gasteiger partial charge in [0.25, 0.3) is 0 Å². The van der Waals surface area contributed by atoms with Crippen LogP contribution in [-0.2, 0) is 4.74 Å². The van der Waals surface area contributed by atoms with Crippen molar-refractivity contribution in [1.29, 1.82) is 0 Å². The molecule has 0 bridgehead atoms. The van der Waals surface area contributed by atoms with Crippen LogP contribution in [-0.4, -0.2) is 37.7 Å². The standard InChI is InChI=1S/C9H21NO/c1-5-10(4)9(3)7-8-11-6-2/h9H,5-8H2,1-4H3. The molecule has 0 saturated heterocycles. The molecular weight excluding hydrogens is 138 g/mol. The number of hydrogen-bond acceptors (Lipinski definition) is 2. The molecule has 0 aliphatic heterocycles. The summed E-state index contributed by atoms with van der Waals surface area (Å²) in [5, 5.41) is 0. The highest BCUT2D eigenvalue weighted by Gasteiger charge is 2.05. The largest absolute Gasteiger partial charge is 0.382 e. The van der Waals surface area contributed by atoms with E-state index in [2.05, 4.69) is 25.8 Å². The third-order valence-electron chi connectivity index (χ3n) is 2.14. The minimum absolute atomic E-state index is 0.645. The molecule has 0 fully saturated rings. The summed E-state index contributed by atoms with van der Waals surface area (Å²) in [6.45, 7) is 9.30. The van der Waals surface area contributed by atoms with Crippen LogP contribution in [0.2, 0.25) is 0 Å². The van der Waals surface area contributed by atoms with Crippen LogP contribution in [0.3, 0.4) is 0 Å². The molecular formula is C9H21NO. The van der Waals surface area contributed by atoms with E-state index in [0.717, 1.165) is 26.2 Å². The quantitative estimate of drug-likeness (QED) is 0.547. The van der Waals surface area contributed by atoms with Gasteiger partial charge in [-0.25, -0.2) is 0 Å². The predicted molar refractivity (Wildman–Crippen MR) is 48.9 cm³/mol. The number of ether oxygens (including phenoxy) is 1. The van der Waals surface area contributed by atoms with E-state index in [1.165, 1.54) is 0 Å². The molecule has 68 valence electrons. The van der Waals surface area contributed by atoms with Crippen LogP contribution in [0.25, 0.3) is 0 Å². The molecule has 2 heteroatoms. The zero-order chi connectivity index (χ0) is 8.69. The van der Waals surface area contributed by atoms with Crippen LogP contribution in [0.5, 0.6) is 0 Å². The van der Waals surface area contributed by atoms with Crippen molar-refractivity contribution in [3.8, 4) is 0 Å². The van der Waals surface area contributed by atoms with E-state index in [1.54, 1.807) is 0 Å². The van der Waals surface area contributed by atoms with Crippen molar-refractivity contribution in [1.82, 2.24) is 4.90 Å². The first-order valence-electron chi connectivity index (χ1n) is 4.50. The molecule has 0 aromatic carbocycles. The van der Waals surface area contributed by atoms with Crippen molar-refractivity contribution in [2.75, 3.05) is 26.8 Å². The molecule has 0 rings (SSSR count). The van der Waals surface area contributed by atoms with Crippen molar-refractivity contribution in [2.45, 2.75) is 33.2 Å². The second-order valence-corrected chi connectivity index (χ2v) is 2.91. The number of rotatable bonds is 6. The molecule has 0 N–H and O–H groups in total. The summed E-state index contributed by atoms with van der Waals surface area (Å²) in [7, 11) is 2.15. The zero-order valence-corrected chi connectivity index (χ0v) is 8.26. The van der Waals surface area contributed by atoms with Gasteiger partial charge in [0, 0.05) is 19.3 Å². The van der Waals surface area contributed by atoms with Gasteiger partial charge in [-0.3, -0.25) is 0 Å². The first kappa shape index (κ1) is 10.9. The molecule has 0 heterocycles. The minimum atomic E-state index is 0.645. The van der Waals surface area contributed by atoms with Gasteiger partial charge in [-0.2, -0.15) is 0 Å². The van der Waals surface area contributed by atoms with Gasteiger partial charge in [0.05, 0.1) is 0 Å². The average molecular weight is 159 g/mol. The van der Waals surface area contributed by atoms with Crippen molar-refractivity contribution in [2.24, 2.45) is 0 Å². The van der Waals surface area contributed by atoms with Gasteiger partial charge in [-0.15, -0.1) is 0 Å². The van der Waals surface area contributed by atoms with Gasteiger partial charge in [0.15, 0.2) is 0 Å². The summed E-state index contributed by atoms with van der Waals surface area (Å²) in [5.41, 5.74) is 0. The Labute approximate surface area is 70.5 Å². The molecule has 0 amide bonds. The van der Waals surface area contributed by atoms with Crippen LogP contribution >= 0.6 is 0 Å². The minimum Gasteiger partial charge on any atom is -0.382 e. The Kier molecular flexibility index (Phi) is 6.57. The van der Waals surface area contributed by atoms with Crippen LogP contribution in [0.1, 0.15) is 27.2 Å². The maximum absolute atomic E-state index is 5.27. The van der Waals surface area contributed by atoms with Gasteiger partial charge in [0.1, 0.15) is 0 Å². The summed E-state index contributed by atoms with van der Waals surface area (Å²) in [5.74, 6) is 0. The summed E-state index contributed by atoms with van der Waals surface area (Å²) >= 11 is 0. The predicted octanol–water partition coefficient (Wildman–Crippen LogP) is 1.75. The highest BCUT2D eigenvalue weighted by atomic mass is 16.5. The fourth-order valence-corrected chi connectivity index (χ4v) is 0.930. The lowest BCUT2D eigenvalue weighted by atomic mass is 10.2. The van der Waals surface area contributed by atoms with Crippen LogP contribution < -0.4 is 0 Å². The first-order valence-corrected chi connectivity index (χ1v) is 4.50. The third-order valence-corrected chi connectivity index (χ3v) is 2.14. The zero-order valence-electron chi connectivity index (χ0n) is 8.26. The monoisotopic (exact) mass is 159 g/mol. The van der Waals surface area contributed by atoms with E-state index in [-0.39, 0.29) is 0 Å². The lowest BCUT2D eigenvalue weighted by molar-refractivity contribution is 0.120. The molecule has 0 aromatic heterocycles. The summed E-state index contributed by atoms with van der Waals surface area (Å²) in [4.78, 5) is 2.33. The van der Waals surface area contributed by atoms with E-state index in [0.29, 0.717) is 6.04 Å². The van der Waals surface area contributed by atoms with E-state index in [1.807, 2.05) is 6.92 Å². The molecule has 2 nitrogen and oxygen atoms in total. The topological polar surface area (TPSA) is 12.5 Å². The number of hydrogen-bond donors (Lipinski definition) is 0. The average Bonchev–Trinajstić information content (AvgIpc) is 2.03. The van der Waals surface area contributed by atoms with Gasteiger partial charge in [-0.05, 0) is 33.9 Å². The SMILES string of the molecule is CCOCCC(C)N(C)CC. The van der Waals surface area contributed by atoms with Crippen LogP contribution in [0, 0.1) is 0 Å². The fourth-order valence-electron chi connectivity index (χ4n) is 0.930. The molecule has 0 aliphatic carbocycles. The van der Waals surface area contributed by atoms with E-state index in [4.69, 9.17) is 4.74 Å². The highest BCUT2D eigenvalue weighted by molar-refractivity contribution is 4.60. The van der Waals surface area contributed by atoms with Crippen LogP contribution in [0.15, 0.2) is 0 Å². The Hall–Kier alpha value is -0.0800. The lowest BCUT2D eigenvalue weighted by Crippen LogP contribution is -2.29. The molecule has 0 radical (unpaired) electrons. The fraction of sp³-hybridized carbons (Fsp3) is 1.00. The third kappa shape index (κ3) is 5.22. The van der Waals surface area contributed by atoms with E-state index < -0.39 is 0 Å². The molecule has 1 atom stereocenters. The molecule has 1 unspecified atom stereocenters. The summed E-state index contributed by atoms with van der Waals surface area (Å²) in [6, 6.07) is 0.645. The summed E-state index contributed by atoms with van der Waals surface area (Å²) in [6.07, 6.45) is 1.14. The Morgan fingerprint density at radius 2 is 2.00 bits per heavy atom. The molecule has 0 saturated carbocycles. The van der Waals surface area contributed by atoms with E-state index in [9.17, 15) is 0 Å².